The molecule has 1 aliphatic rings. The van der Waals surface area contributed by atoms with Crippen LogP contribution in [-0.4, -0.2) is 12.5 Å². The zero-order valence-corrected chi connectivity index (χ0v) is 14.7. The third kappa shape index (κ3) is 3.56. The van der Waals surface area contributed by atoms with E-state index in [0.717, 1.165) is 16.6 Å². The molecule has 3 nitrogen and oxygen atoms in total. The van der Waals surface area contributed by atoms with Gasteiger partial charge in [0.2, 0.25) is 0 Å². The van der Waals surface area contributed by atoms with Crippen LogP contribution in [0.15, 0.2) is 40.9 Å². The van der Waals surface area contributed by atoms with E-state index in [2.05, 4.69) is 21.2 Å². The van der Waals surface area contributed by atoms with Crippen molar-refractivity contribution in [2.24, 2.45) is 0 Å². The lowest BCUT2D eigenvalue weighted by Gasteiger charge is -2.09. The number of halogens is 4. The van der Waals surface area contributed by atoms with E-state index in [9.17, 15) is 18.0 Å². The third-order valence-electron chi connectivity index (χ3n) is 3.70. The average molecular weight is 412 g/mol. The maximum Gasteiger partial charge on any atom is 0.416 e. The van der Waals surface area contributed by atoms with Crippen molar-refractivity contribution in [3.05, 3.63) is 57.6 Å². The highest BCUT2D eigenvalue weighted by molar-refractivity contribution is 9.10. The first-order chi connectivity index (χ1) is 11.8. The predicted octanol–water partition coefficient (Wildman–Crippen LogP) is 5.36. The molecule has 3 rings (SSSR count). The Morgan fingerprint density at radius 2 is 1.96 bits per heavy atom. The molecule has 0 bridgehead atoms. The van der Waals surface area contributed by atoms with E-state index in [4.69, 9.17) is 4.74 Å². The number of benzene rings is 2. The van der Waals surface area contributed by atoms with E-state index in [-0.39, 0.29) is 5.69 Å². The van der Waals surface area contributed by atoms with E-state index < -0.39 is 17.6 Å². The van der Waals surface area contributed by atoms with E-state index in [1.807, 2.05) is 13.0 Å². The van der Waals surface area contributed by atoms with Crippen molar-refractivity contribution in [2.45, 2.75) is 13.1 Å². The molecule has 0 aliphatic carbocycles. The van der Waals surface area contributed by atoms with Gasteiger partial charge in [-0.3, -0.25) is 4.79 Å². The summed E-state index contributed by atoms with van der Waals surface area (Å²) < 4.78 is 44.8. The lowest BCUT2D eigenvalue weighted by molar-refractivity contribution is -0.137. The van der Waals surface area contributed by atoms with Crippen molar-refractivity contribution in [1.29, 1.82) is 0 Å². The number of alkyl halides is 3. The van der Waals surface area contributed by atoms with Crippen molar-refractivity contribution in [3.63, 3.8) is 0 Å². The number of ether oxygens (including phenoxy) is 1. The molecular weight excluding hydrogens is 399 g/mol. The first kappa shape index (κ1) is 17.5. The molecule has 2 aromatic rings. The highest BCUT2D eigenvalue weighted by Crippen LogP contribution is 2.39. The normalized spacial score (nSPS) is 15.2. The van der Waals surface area contributed by atoms with Gasteiger partial charge in [-0.15, -0.1) is 0 Å². The van der Waals surface area contributed by atoms with E-state index >= 15 is 0 Å². The van der Waals surface area contributed by atoms with E-state index in [0.29, 0.717) is 29.1 Å². The fourth-order valence-electron chi connectivity index (χ4n) is 2.59. The van der Waals surface area contributed by atoms with Crippen LogP contribution in [0.2, 0.25) is 0 Å². The molecule has 0 radical (unpaired) electrons. The maximum atomic E-state index is 12.8. The molecule has 2 aromatic carbocycles. The van der Waals surface area contributed by atoms with Gasteiger partial charge in [0.15, 0.2) is 0 Å². The van der Waals surface area contributed by atoms with Crippen LogP contribution in [0.3, 0.4) is 0 Å². The number of carbonyl (C=O) groups excluding carboxylic acids is 1. The summed E-state index contributed by atoms with van der Waals surface area (Å²) in [5.74, 6) is 0.142. The minimum atomic E-state index is -4.46. The van der Waals surface area contributed by atoms with Crippen LogP contribution in [-0.2, 0) is 11.0 Å². The van der Waals surface area contributed by atoms with Crippen LogP contribution in [0.25, 0.3) is 11.6 Å². The van der Waals surface area contributed by atoms with Gasteiger partial charge < -0.3 is 10.1 Å². The summed E-state index contributed by atoms with van der Waals surface area (Å²) in [7, 11) is 0. The molecule has 0 spiro atoms. The van der Waals surface area contributed by atoms with Crippen molar-refractivity contribution in [2.75, 3.05) is 11.9 Å². The molecular formula is C18H13BrF3NO2. The Labute approximate surface area is 150 Å². The highest BCUT2D eigenvalue weighted by atomic mass is 79.9. The zero-order valence-electron chi connectivity index (χ0n) is 13.1. The minimum Gasteiger partial charge on any atom is -0.493 e. The van der Waals surface area contributed by atoms with Crippen LogP contribution in [0.5, 0.6) is 5.75 Å². The Morgan fingerprint density at radius 3 is 2.64 bits per heavy atom. The van der Waals surface area contributed by atoms with Gasteiger partial charge in [0.1, 0.15) is 5.75 Å². The maximum absolute atomic E-state index is 12.8. The van der Waals surface area contributed by atoms with Crippen LogP contribution in [0.1, 0.15) is 23.6 Å². The van der Waals surface area contributed by atoms with E-state index in [1.165, 1.54) is 6.07 Å². The lowest BCUT2D eigenvalue weighted by atomic mass is 10.0. The van der Waals surface area contributed by atoms with Gasteiger partial charge in [-0.25, -0.2) is 0 Å². The van der Waals surface area contributed by atoms with Crippen LogP contribution >= 0.6 is 15.9 Å². The summed E-state index contributed by atoms with van der Waals surface area (Å²) in [4.78, 5) is 12.2. The molecule has 0 saturated carbocycles. The Kier molecular flexibility index (Phi) is 4.60. The fraction of sp³-hybridized carbons (Fsp3) is 0.167. The quantitative estimate of drug-likeness (QED) is 0.690. The largest absolute Gasteiger partial charge is 0.493 e. The SMILES string of the molecule is CCOc1ccc(Br)cc1/C=C1\C(=O)Nc2cc(C(F)(F)F)ccc21. The molecule has 7 heteroatoms. The second-order valence-corrected chi connectivity index (χ2v) is 6.30. The van der Waals surface area contributed by atoms with Gasteiger partial charge in [-0.05, 0) is 43.3 Å². The molecule has 0 fully saturated rings. The molecule has 25 heavy (non-hydrogen) atoms. The zero-order chi connectivity index (χ0) is 18.2. The topological polar surface area (TPSA) is 38.3 Å². The van der Waals surface area contributed by atoms with Gasteiger partial charge in [-0.1, -0.05) is 22.0 Å². The number of fused-ring (bicyclic) bond motifs is 1. The average Bonchev–Trinajstić information content (AvgIpc) is 2.84. The second-order valence-electron chi connectivity index (χ2n) is 5.39. The Morgan fingerprint density at radius 1 is 1.20 bits per heavy atom. The summed E-state index contributed by atoms with van der Waals surface area (Å²) in [5.41, 5.74) is 0.738. The molecule has 1 N–H and O–H groups in total. The molecule has 0 aromatic heterocycles. The van der Waals surface area contributed by atoms with Crippen molar-refractivity contribution in [3.8, 4) is 5.75 Å². The molecule has 1 aliphatic heterocycles. The summed E-state index contributed by atoms with van der Waals surface area (Å²) in [6.07, 6.45) is -2.84. The number of hydrogen-bond donors (Lipinski definition) is 1. The Bertz CT molecular complexity index is 875. The molecule has 1 amide bonds. The monoisotopic (exact) mass is 411 g/mol. The van der Waals surface area contributed by atoms with Crippen molar-refractivity contribution < 1.29 is 22.7 Å². The van der Waals surface area contributed by atoms with Crippen molar-refractivity contribution >= 4 is 39.2 Å². The summed E-state index contributed by atoms with van der Waals surface area (Å²) in [5, 5.41) is 2.49. The van der Waals surface area contributed by atoms with Gasteiger partial charge in [-0.2, -0.15) is 13.2 Å². The number of nitrogens with one attached hydrogen (secondary N) is 1. The smallest absolute Gasteiger partial charge is 0.416 e. The highest BCUT2D eigenvalue weighted by Gasteiger charge is 2.33. The second kappa shape index (κ2) is 6.55. The van der Waals surface area contributed by atoms with Crippen LogP contribution in [0.4, 0.5) is 18.9 Å². The van der Waals surface area contributed by atoms with Gasteiger partial charge in [0.05, 0.1) is 12.2 Å². The molecule has 0 saturated heterocycles. The van der Waals surface area contributed by atoms with Gasteiger partial charge in [0.25, 0.3) is 5.91 Å². The molecule has 130 valence electrons. The Balaban J connectivity index is 2.07. The fourth-order valence-corrected chi connectivity index (χ4v) is 2.97. The molecule has 0 unspecified atom stereocenters. The van der Waals surface area contributed by atoms with Gasteiger partial charge in [0, 0.05) is 26.9 Å². The summed E-state index contributed by atoms with van der Waals surface area (Å²) >= 11 is 3.36. The molecule has 1 heterocycles. The first-order valence-corrected chi connectivity index (χ1v) is 8.26. The van der Waals surface area contributed by atoms with E-state index in [1.54, 1.807) is 18.2 Å². The van der Waals surface area contributed by atoms with Crippen LogP contribution < -0.4 is 10.1 Å². The number of amides is 1. The standard InChI is InChI=1S/C18H13BrF3NO2/c1-2-25-16-6-4-12(19)7-10(16)8-14-13-5-3-11(18(20,21)22)9-15(13)23-17(14)24/h3-9H,2H2,1H3,(H,23,24)/b14-8-. The number of carbonyl (C=O) groups is 1. The number of anilines is 1. The summed E-state index contributed by atoms with van der Waals surface area (Å²) in [6.45, 7) is 2.30. The lowest BCUT2D eigenvalue weighted by Crippen LogP contribution is -2.06. The van der Waals surface area contributed by atoms with Gasteiger partial charge >= 0.3 is 6.18 Å². The van der Waals surface area contributed by atoms with Crippen molar-refractivity contribution in [1.82, 2.24) is 0 Å². The first-order valence-electron chi connectivity index (χ1n) is 7.46. The minimum absolute atomic E-state index is 0.152. The van der Waals surface area contributed by atoms with Crippen LogP contribution in [0, 0.1) is 0 Å². The number of hydrogen-bond acceptors (Lipinski definition) is 2. The summed E-state index contributed by atoms with van der Waals surface area (Å²) in [6, 6.07) is 8.58. The Hall–Kier alpha value is -2.28. The number of rotatable bonds is 3. The predicted molar refractivity (Wildman–Crippen MR) is 93.3 cm³/mol. The third-order valence-corrected chi connectivity index (χ3v) is 4.19. The molecule has 0 atom stereocenters.